The van der Waals surface area contributed by atoms with Gasteiger partial charge < -0.3 is 20.9 Å². The van der Waals surface area contributed by atoms with E-state index in [2.05, 4.69) is 0 Å². The van der Waals surface area contributed by atoms with Gasteiger partial charge in [0.2, 0.25) is 0 Å². The molecule has 0 amide bonds. The van der Waals surface area contributed by atoms with E-state index in [1.807, 2.05) is 82.5 Å². The van der Waals surface area contributed by atoms with Crippen LogP contribution in [0, 0.1) is 0 Å². The van der Waals surface area contributed by atoms with E-state index in [-0.39, 0.29) is 30.4 Å². The van der Waals surface area contributed by atoms with Crippen LogP contribution in [-0.2, 0) is 13.1 Å². The lowest BCUT2D eigenvalue weighted by atomic mass is 10.1. The van der Waals surface area contributed by atoms with Crippen LogP contribution in [0.15, 0.2) is 88.7 Å². The van der Waals surface area contributed by atoms with Gasteiger partial charge in [-0.05, 0) is 54.3 Å². The highest BCUT2D eigenvalue weighted by molar-refractivity contribution is 5.48. The maximum absolute atomic E-state index is 13.8. The summed E-state index contributed by atoms with van der Waals surface area (Å²) in [5.74, 6) is 0.593. The molecule has 2 aromatic heterocycles. The van der Waals surface area contributed by atoms with Crippen LogP contribution in [0.5, 0.6) is 0 Å². The van der Waals surface area contributed by atoms with Gasteiger partial charge in [-0.15, -0.1) is 0 Å². The number of nitrogens with two attached hydrogens (primary N) is 2. The molecule has 35 heavy (non-hydrogen) atoms. The van der Waals surface area contributed by atoms with Crippen molar-refractivity contribution in [2.45, 2.75) is 32.0 Å². The average Bonchev–Trinajstić information content (AvgIpc) is 3.40. The average molecular weight is 471 g/mol. The molecule has 0 radical (unpaired) electrons. The Bertz CT molecular complexity index is 1440. The van der Waals surface area contributed by atoms with Gasteiger partial charge in [-0.2, -0.15) is 0 Å². The van der Waals surface area contributed by atoms with Crippen molar-refractivity contribution >= 4 is 11.5 Å². The Kier molecular flexibility index (Phi) is 6.29. The summed E-state index contributed by atoms with van der Waals surface area (Å²) in [4.78, 5) is 29.1. The van der Waals surface area contributed by atoms with Crippen molar-refractivity contribution < 1.29 is 0 Å². The second-order valence-corrected chi connectivity index (χ2v) is 9.10. The minimum Gasteiger partial charge on any atom is -0.398 e. The fourth-order valence-corrected chi connectivity index (χ4v) is 4.73. The van der Waals surface area contributed by atoms with Crippen LogP contribution in [-0.4, -0.2) is 32.8 Å². The fraction of sp³-hybridized carbons (Fsp3) is 0.259. The zero-order chi connectivity index (χ0) is 24.4. The first-order chi connectivity index (χ1) is 17.0. The predicted octanol–water partition coefficient (Wildman–Crippen LogP) is 2.41. The van der Waals surface area contributed by atoms with Crippen molar-refractivity contribution in [2.24, 2.45) is 5.73 Å². The normalized spacial score (nSPS) is 15.9. The van der Waals surface area contributed by atoms with Gasteiger partial charge >= 0.3 is 5.69 Å². The van der Waals surface area contributed by atoms with E-state index in [1.165, 1.54) is 4.57 Å². The van der Waals surface area contributed by atoms with Crippen LogP contribution < -0.4 is 27.6 Å². The van der Waals surface area contributed by atoms with Gasteiger partial charge in [0, 0.05) is 49.0 Å². The molecule has 0 unspecified atom stereocenters. The third-order valence-corrected chi connectivity index (χ3v) is 6.58. The number of nitrogen functional groups attached to an aromatic ring is 1. The molecule has 0 bridgehead atoms. The second-order valence-electron chi connectivity index (χ2n) is 9.10. The smallest absolute Gasteiger partial charge is 0.333 e. The summed E-state index contributed by atoms with van der Waals surface area (Å²) in [5.41, 5.74) is 15.0. The minimum absolute atomic E-state index is 0.00737. The summed E-state index contributed by atoms with van der Waals surface area (Å²) in [6.07, 6.45) is 5.76. The molecule has 1 atom stereocenters. The lowest BCUT2D eigenvalue weighted by molar-refractivity contribution is 0.490. The van der Waals surface area contributed by atoms with Crippen molar-refractivity contribution in [3.8, 4) is 5.69 Å². The highest BCUT2D eigenvalue weighted by Gasteiger charge is 2.22. The number of hydrogen-bond acceptors (Lipinski definition) is 5. The molecule has 180 valence electrons. The second kappa shape index (κ2) is 9.68. The molecule has 1 fully saturated rings. The van der Waals surface area contributed by atoms with Gasteiger partial charge in [0.05, 0.1) is 13.1 Å². The van der Waals surface area contributed by atoms with E-state index in [4.69, 9.17) is 11.5 Å². The standard InChI is InChI=1S/C27H30N6O2/c28-22-9-6-14-31(19-22)25-16-26(34)33(27(35)32(25)18-21-8-1-2-11-24(21)29)17-20-7-5-10-23(15-20)30-12-3-4-13-30/h1-5,7-8,10-13,15-16,22H,6,9,14,17-19,28-29H2/t22-/m1/s1. The molecule has 5 rings (SSSR count). The molecular weight excluding hydrogens is 440 g/mol. The van der Waals surface area contributed by atoms with Crippen LogP contribution in [0.25, 0.3) is 5.69 Å². The van der Waals surface area contributed by atoms with Crippen molar-refractivity contribution in [3.05, 3.63) is 111 Å². The number of benzene rings is 2. The van der Waals surface area contributed by atoms with Crippen LogP contribution in [0.3, 0.4) is 0 Å². The lowest BCUT2D eigenvalue weighted by Crippen LogP contribution is -2.48. The molecule has 4 aromatic rings. The first kappa shape index (κ1) is 22.7. The summed E-state index contributed by atoms with van der Waals surface area (Å²) >= 11 is 0. The van der Waals surface area contributed by atoms with Gasteiger partial charge in [-0.1, -0.05) is 30.3 Å². The highest BCUT2D eigenvalue weighted by Crippen LogP contribution is 2.20. The van der Waals surface area contributed by atoms with Crippen LogP contribution in [0.4, 0.5) is 11.5 Å². The number of rotatable bonds is 6. The van der Waals surface area contributed by atoms with E-state index in [0.29, 0.717) is 18.1 Å². The Morgan fingerprint density at radius 3 is 2.46 bits per heavy atom. The van der Waals surface area contributed by atoms with Gasteiger partial charge in [0.25, 0.3) is 5.56 Å². The molecule has 2 aromatic carbocycles. The van der Waals surface area contributed by atoms with Gasteiger partial charge in [-0.25, -0.2) is 4.79 Å². The number of para-hydroxylation sites is 1. The van der Waals surface area contributed by atoms with Gasteiger partial charge in [-0.3, -0.25) is 13.9 Å². The maximum atomic E-state index is 13.8. The number of hydrogen-bond donors (Lipinski definition) is 2. The topological polar surface area (TPSA) is 104 Å². The van der Waals surface area contributed by atoms with Crippen molar-refractivity contribution in [3.63, 3.8) is 0 Å². The Labute approximate surface area is 203 Å². The number of piperidine rings is 1. The largest absolute Gasteiger partial charge is 0.398 e. The van der Waals surface area contributed by atoms with E-state index in [1.54, 1.807) is 10.6 Å². The molecule has 1 aliphatic rings. The molecule has 0 saturated carbocycles. The Morgan fingerprint density at radius 1 is 0.886 bits per heavy atom. The Balaban J connectivity index is 1.57. The highest BCUT2D eigenvalue weighted by atomic mass is 16.2. The summed E-state index contributed by atoms with van der Waals surface area (Å²) in [7, 11) is 0. The van der Waals surface area contributed by atoms with Crippen molar-refractivity contribution in [2.75, 3.05) is 23.7 Å². The van der Waals surface area contributed by atoms with Crippen LogP contribution in [0.2, 0.25) is 0 Å². The number of aromatic nitrogens is 3. The third kappa shape index (κ3) is 4.79. The molecule has 0 aliphatic carbocycles. The number of anilines is 2. The number of nitrogens with zero attached hydrogens (tertiary/aromatic N) is 4. The molecule has 4 N–H and O–H groups in total. The van der Waals surface area contributed by atoms with Crippen molar-refractivity contribution in [1.29, 1.82) is 0 Å². The molecule has 1 aliphatic heterocycles. The van der Waals surface area contributed by atoms with Crippen molar-refractivity contribution in [1.82, 2.24) is 13.7 Å². The molecule has 8 heteroatoms. The maximum Gasteiger partial charge on any atom is 0.333 e. The molecular formula is C27H30N6O2. The SMILES string of the molecule is Nc1ccccc1Cn1c(N2CCC[C@@H](N)C2)cc(=O)n(Cc2cccc(-n3cccc3)c2)c1=O. The Hall–Kier alpha value is -4.04. The summed E-state index contributed by atoms with van der Waals surface area (Å²) in [6.45, 7) is 1.80. The summed E-state index contributed by atoms with van der Waals surface area (Å²) in [5, 5.41) is 0. The molecule has 8 nitrogen and oxygen atoms in total. The van der Waals surface area contributed by atoms with Gasteiger partial charge in [0.1, 0.15) is 5.82 Å². The third-order valence-electron chi connectivity index (χ3n) is 6.58. The van der Waals surface area contributed by atoms with E-state index in [9.17, 15) is 9.59 Å². The first-order valence-electron chi connectivity index (χ1n) is 11.9. The van der Waals surface area contributed by atoms with E-state index < -0.39 is 0 Å². The predicted molar refractivity (Wildman–Crippen MR) is 139 cm³/mol. The zero-order valence-electron chi connectivity index (χ0n) is 19.6. The van der Waals surface area contributed by atoms with E-state index >= 15 is 0 Å². The monoisotopic (exact) mass is 470 g/mol. The molecule has 3 heterocycles. The lowest BCUT2D eigenvalue weighted by Gasteiger charge is -2.34. The summed E-state index contributed by atoms with van der Waals surface area (Å²) in [6, 6.07) is 20.8. The van der Waals surface area contributed by atoms with Gasteiger partial charge in [0.15, 0.2) is 0 Å². The Morgan fingerprint density at radius 2 is 1.69 bits per heavy atom. The molecule has 1 saturated heterocycles. The van der Waals surface area contributed by atoms with Crippen LogP contribution >= 0.6 is 0 Å². The van der Waals surface area contributed by atoms with E-state index in [0.717, 1.165) is 36.2 Å². The zero-order valence-corrected chi connectivity index (χ0v) is 19.6. The summed E-state index contributed by atoms with van der Waals surface area (Å²) < 4.78 is 4.94. The first-order valence-corrected chi connectivity index (χ1v) is 11.9. The molecule has 0 spiro atoms. The quantitative estimate of drug-likeness (QED) is 0.421. The van der Waals surface area contributed by atoms with Crippen LogP contribution in [0.1, 0.15) is 24.0 Å². The fourth-order valence-electron chi connectivity index (χ4n) is 4.73. The minimum atomic E-state index is -0.360.